The number of hydrogen-bond donors (Lipinski definition) is 1. The van der Waals surface area contributed by atoms with Crippen LogP contribution in [0, 0.1) is 5.92 Å². The van der Waals surface area contributed by atoms with Crippen LogP contribution in [0.2, 0.25) is 0 Å². The highest BCUT2D eigenvalue weighted by Gasteiger charge is 2.43. The third-order valence-electron chi connectivity index (χ3n) is 3.50. The topological polar surface area (TPSA) is 41.5 Å². The Bertz CT molecular complexity index is 433. The van der Waals surface area contributed by atoms with Crippen LogP contribution in [-0.4, -0.2) is 11.6 Å². The molecule has 0 aliphatic heterocycles. The summed E-state index contributed by atoms with van der Waals surface area (Å²) in [6, 6.07) is 10.2. The van der Waals surface area contributed by atoms with Crippen molar-refractivity contribution in [3.8, 4) is 0 Å². The summed E-state index contributed by atoms with van der Waals surface area (Å²) in [6.07, 6.45) is 2.73. The summed E-state index contributed by atoms with van der Waals surface area (Å²) in [6.45, 7) is 4.11. The molecule has 3 heteroatoms. The zero-order valence-electron chi connectivity index (χ0n) is 11.0. The Morgan fingerprint density at radius 1 is 1.28 bits per heavy atom. The second kappa shape index (κ2) is 5.80. The van der Waals surface area contributed by atoms with Crippen LogP contribution in [0.25, 0.3) is 0 Å². The van der Waals surface area contributed by atoms with Crippen molar-refractivity contribution in [1.82, 2.24) is 5.43 Å². The van der Waals surface area contributed by atoms with E-state index in [1.54, 1.807) is 0 Å². The number of benzene rings is 1. The van der Waals surface area contributed by atoms with Crippen molar-refractivity contribution in [1.29, 1.82) is 0 Å². The van der Waals surface area contributed by atoms with Gasteiger partial charge >= 0.3 is 0 Å². The minimum absolute atomic E-state index is 0.0586. The first-order chi connectivity index (χ1) is 8.76. The van der Waals surface area contributed by atoms with Crippen molar-refractivity contribution in [2.24, 2.45) is 11.0 Å². The maximum absolute atomic E-state index is 11.9. The van der Waals surface area contributed by atoms with Gasteiger partial charge in [0.1, 0.15) is 0 Å². The zero-order chi connectivity index (χ0) is 13.0. The van der Waals surface area contributed by atoms with Crippen LogP contribution in [0.15, 0.2) is 35.4 Å². The number of carbonyl (C=O) groups excluding carboxylic acids is 1. The third-order valence-corrected chi connectivity index (χ3v) is 3.50. The summed E-state index contributed by atoms with van der Waals surface area (Å²) in [7, 11) is 0. The largest absolute Gasteiger partial charge is 0.273 e. The van der Waals surface area contributed by atoms with Gasteiger partial charge in [-0.1, -0.05) is 44.2 Å². The number of hydrogen-bond acceptors (Lipinski definition) is 2. The lowest BCUT2D eigenvalue weighted by molar-refractivity contribution is -0.122. The standard InChI is InChI=1S/C15H20N2O/c1-3-12(4-2)16-17-15(18)14-10-13(14)11-8-6-5-7-9-11/h5-9,13-14H,3-4,10H2,1-2H3,(H,17,18). The van der Waals surface area contributed by atoms with Gasteiger partial charge in [0.25, 0.3) is 0 Å². The van der Waals surface area contributed by atoms with Gasteiger partial charge in [-0.05, 0) is 30.7 Å². The molecule has 0 radical (unpaired) electrons. The van der Waals surface area contributed by atoms with Gasteiger partial charge in [0.15, 0.2) is 0 Å². The highest BCUT2D eigenvalue weighted by molar-refractivity contribution is 5.87. The van der Waals surface area contributed by atoms with Gasteiger partial charge in [-0.25, -0.2) is 5.43 Å². The van der Waals surface area contributed by atoms with Crippen molar-refractivity contribution in [3.05, 3.63) is 35.9 Å². The van der Waals surface area contributed by atoms with Crippen LogP contribution >= 0.6 is 0 Å². The monoisotopic (exact) mass is 244 g/mol. The maximum Gasteiger partial charge on any atom is 0.243 e. The Balaban J connectivity index is 1.88. The molecule has 0 aromatic heterocycles. The van der Waals surface area contributed by atoms with Crippen LogP contribution in [0.3, 0.4) is 0 Å². The van der Waals surface area contributed by atoms with Crippen molar-refractivity contribution in [2.45, 2.75) is 39.0 Å². The quantitative estimate of drug-likeness (QED) is 0.627. The van der Waals surface area contributed by atoms with Gasteiger partial charge in [0.2, 0.25) is 5.91 Å². The molecule has 2 unspecified atom stereocenters. The van der Waals surface area contributed by atoms with Crippen LogP contribution in [0.5, 0.6) is 0 Å². The van der Waals surface area contributed by atoms with Crippen LogP contribution in [0.4, 0.5) is 0 Å². The Morgan fingerprint density at radius 2 is 1.94 bits per heavy atom. The maximum atomic E-state index is 11.9. The van der Waals surface area contributed by atoms with Gasteiger partial charge in [-0.2, -0.15) is 5.10 Å². The van der Waals surface area contributed by atoms with E-state index in [0.29, 0.717) is 5.92 Å². The Kier molecular flexibility index (Phi) is 4.13. The first kappa shape index (κ1) is 12.8. The molecule has 0 bridgehead atoms. The predicted octanol–water partition coefficient (Wildman–Crippen LogP) is 3.08. The van der Waals surface area contributed by atoms with E-state index in [-0.39, 0.29) is 11.8 Å². The molecule has 3 nitrogen and oxygen atoms in total. The van der Waals surface area contributed by atoms with E-state index in [9.17, 15) is 4.79 Å². The van der Waals surface area contributed by atoms with Gasteiger partial charge in [0.05, 0.1) is 0 Å². The first-order valence-electron chi connectivity index (χ1n) is 6.66. The summed E-state index contributed by atoms with van der Waals surface area (Å²) in [5.74, 6) is 0.544. The van der Waals surface area contributed by atoms with Crippen molar-refractivity contribution in [2.75, 3.05) is 0 Å². The molecule has 0 heterocycles. The van der Waals surface area contributed by atoms with E-state index in [1.807, 2.05) is 18.2 Å². The molecule has 2 atom stereocenters. The first-order valence-corrected chi connectivity index (χ1v) is 6.66. The van der Waals surface area contributed by atoms with Crippen LogP contribution in [-0.2, 0) is 4.79 Å². The fourth-order valence-corrected chi connectivity index (χ4v) is 2.18. The van der Waals surface area contributed by atoms with E-state index in [1.165, 1.54) is 5.56 Å². The molecule has 1 amide bonds. The normalized spacial score (nSPS) is 21.2. The smallest absolute Gasteiger partial charge is 0.243 e. The molecular formula is C15H20N2O. The van der Waals surface area contributed by atoms with E-state index < -0.39 is 0 Å². The van der Waals surface area contributed by atoms with E-state index in [0.717, 1.165) is 25.0 Å². The Hall–Kier alpha value is -1.64. The molecule has 1 aromatic rings. The van der Waals surface area contributed by atoms with Gasteiger partial charge in [-0.3, -0.25) is 4.79 Å². The fraction of sp³-hybridized carbons (Fsp3) is 0.467. The summed E-state index contributed by atoms with van der Waals surface area (Å²) in [5, 5.41) is 4.17. The zero-order valence-corrected chi connectivity index (χ0v) is 11.0. The van der Waals surface area contributed by atoms with E-state index in [4.69, 9.17) is 0 Å². The number of hydrazone groups is 1. The minimum atomic E-state index is 0.0586. The highest BCUT2D eigenvalue weighted by Crippen LogP contribution is 2.47. The summed E-state index contributed by atoms with van der Waals surface area (Å²) >= 11 is 0. The predicted molar refractivity (Wildman–Crippen MR) is 73.4 cm³/mol. The lowest BCUT2D eigenvalue weighted by Gasteiger charge is -2.02. The molecule has 1 aliphatic carbocycles. The van der Waals surface area contributed by atoms with Crippen molar-refractivity contribution < 1.29 is 4.79 Å². The highest BCUT2D eigenvalue weighted by atomic mass is 16.2. The van der Waals surface area contributed by atoms with Crippen LogP contribution in [0.1, 0.15) is 44.6 Å². The molecule has 1 N–H and O–H groups in total. The summed E-state index contributed by atoms with van der Waals surface area (Å²) in [5.41, 5.74) is 4.99. The summed E-state index contributed by atoms with van der Waals surface area (Å²) in [4.78, 5) is 11.9. The number of carbonyl (C=O) groups is 1. The van der Waals surface area contributed by atoms with Crippen molar-refractivity contribution >= 4 is 11.6 Å². The molecule has 0 saturated heterocycles. The lowest BCUT2D eigenvalue weighted by Crippen LogP contribution is -2.21. The Morgan fingerprint density at radius 3 is 2.56 bits per heavy atom. The number of nitrogens with one attached hydrogen (secondary N) is 1. The molecular weight excluding hydrogens is 224 g/mol. The van der Waals surface area contributed by atoms with Gasteiger partial charge < -0.3 is 0 Å². The van der Waals surface area contributed by atoms with Gasteiger partial charge in [0, 0.05) is 11.6 Å². The van der Waals surface area contributed by atoms with E-state index in [2.05, 4.69) is 36.5 Å². The average molecular weight is 244 g/mol. The molecule has 1 saturated carbocycles. The average Bonchev–Trinajstić information content (AvgIpc) is 3.21. The molecule has 1 fully saturated rings. The molecule has 2 rings (SSSR count). The van der Waals surface area contributed by atoms with Gasteiger partial charge in [-0.15, -0.1) is 0 Å². The number of amides is 1. The molecule has 1 aromatic carbocycles. The molecule has 96 valence electrons. The SMILES string of the molecule is CCC(CC)=NNC(=O)C1CC1c1ccccc1. The minimum Gasteiger partial charge on any atom is -0.273 e. The number of rotatable bonds is 5. The third kappa shape index (κ3) is 2.97. The summed E-state index contributed by atoms with van der Waals surface area (Å²) < 4.78 is 0. The second-order valence-corrected chi connectivity index (χ2v) is 4.72. The lowest BCUT2D eigenvalue weighted by atomic mass is 10.1. The molecule has 1 aliphatic rings. The number of nitrogens with zero attached hydrogens (tertiary/aromatic N) is 1. The van der Waals surface area contributed by atoms with Crippen molar-refractivity contribution in [3.63, 3.8) is 0 Å². The van der Waals surface area contributed by atoms with Crippen LogP contribution < -0.4 is 5.43 Å². The second-order valence-electron chi connectivity index (χ2n) is 4.72. The fourth-order valence-electron chi connectivity index (χ4n) is 2.18. The van der Waals surface area contributed by atoms with E-state index >= 15 is 0 Å². The Labute approximate surface area is 108 Å². The molecule has 0 spiro atoms. The molecule has 18 heavy (non-hydrogen) atoms.